The Morgan fingerprint density at radius 1 is 1.30 bits per heavy atom. The standard InChI is InChI=1S/C18H23FN2O2/c1-18(2,3)16-9-20-17(23-16)11-21-10-14(22)8-15(21)12-4-6-13(19)7-5-12/h4-7,9,14-15,22H,8,10-11H2,1-3H3. The molecule has 0 saturated carbocycles. The maximum absolute atomic E-state index is 13.1. The molecule has 1 fully saturated rings. The monoisotopic (exact) mass is 318 g/mol. The van der Waals surface area contributed by atoms with Crippen LogP contribution in [0.1, 0.15) is 50.4 Å². The third kappa shape index (κ3) is 3.62. The molecule has 5 heteroatoms. The van der Waals surface area contributed by atoms with Crippen LogP contribution in [-0.4, -0.2) is 27.6 Å². The second-order valence-corrected chi connectivity index (χ2v) is 7.25. The van der Waals surface area contributed by atoms with Gasteiger partial charge in [0.2, 0.25) is 5.89 Å². The minimum Gasteiger partial charge on any atom is -0.444 e. The van der Waals surface area contributed by atoms with Crippen LogP contribution in [0, 0.1) is 5.82 Å². The highest BCUT2D eigenvalue weighted by molar-refractivity contribution is 5.21. The van der Waals surface area contributed by atoms with E-state index in [1.54, 1.807) is 18.3 Å². The van der Waals surface area contributed by atoms with Crippen LogP contribution in [0.25, 0.3) is 0 Å². The lowest BCUT2D eigenvalue weighted by Gasteiger charge is -2.23. The Kier molecular flexibility index (Phi) is 4.25. The first kappa shape index (κ1) is 16.1. The van der Waals surface area contributed by atoms with Gasteiger partial charge in [-0.3, -0.25) is 4.90 Å². The zero-order chi connectivity index (χ0) is 16.6. The van der Waals surface area contributed by atoms with Gasteiger partial charge in [0.05, 0.1) is 18.8 Å². The fraction of sp³-hybridized carbons (Fsp3) is 0.500. The molecule has 0 spiro atoms. The molecule has 1 aromatic carbocycles. The molecule has 4 nitrogen and oxygen atoms in total. The summed E-state index contributed by atoms with van der Waals surface area (Å²) in [6.07, 6.45) is 2.02. The van der Waals surface area contributed by atoms with Gasteiger partial charge < -0.3 is 9.52 Å². The van der Waals surface area contributed by atoms with Crippen molar-refractivity contribution in [1.29, 1.82) is 0 Å². The number of oxazole rings is 1. The number of nitrogens with zero attached hydrogens (tertiary/aromatic N) is 2. The predicted octanol–water partition coefficient (Wildman–Crippen LogP) is 3.42. The minimum absolute atomic E-state index is 0.0515. The van der Waals surface area contributed by atoms with E-state index in [4.69, 9.17) is 4.42 Å². The Morgan fingerprint density at radius 3 is 2.61 bits per heavy atom. The first-order chi connectivity index (χ1) is 10.8. The molecule has 23 heavy (non-hydrogen) atoms. The van der Waals surface area contributed by atoms with Crippen molar-refractivity contribution < 1.29 is 13.9 Å². The van der Waals surface area contributed by atoms with Gasteiger partial charge in [-0.25, -0.2) is 9.37 Å². The van der Waals surface area contributed by atoms with Gasteiger partial charge in [0.25, 0.3) is 0 Å². The number of hydrogen-bond donors (Lipinski definition) is 1. The first-order valence-corrected chi connectivity index (χ1v) is 7.95. The summed E-state index contributed by atoms with van der Waals surface area (Å²) < 4.78 is 19.0. The molecule has 1 saturated heterocycles. The van der Waals surface area contributed by atoms with Gasteiger partial charge in [-0.15, -0.1) is 0 Å². The van der Waals surface area contributed by atoms with Crippen LogP contribution < -0.4 is 0 Å². The molecule has 1 aliphatic rings. The van der Waals surface area contributed by atoms with Crippen LogP contribution in [0.5, 0.6) is 0 Å². The van der Waals surface area contributed by atoms with E-state index in [0.717, 1.165) is 11.3 Å². The lowest BCUT2D eigenvalue weighted by Crippen LogP contribution is -2.24. The van der Waals surface area contributed by atoms with Crippen molar-refractivity contribution in [3.8, 4) is 0 Å². The quantitative estimate of drug-likeness (QED) is 0.942. The SMILES string of the molecule is CC(C)(C)c1cnc(CN2CC(O)CC2c2ccc(F)cc2)o1. The third-order valence-corrected chi connectivity index (χ3v) is 4.27. The van der Waals surface area contributed by atoms with E-state index in [1.807, 2.05) is 0 Å². The normalized spacial score (nSPS) is 22.7. The molecule has 3 rings (SSSR count). The van der Waals surface area contributed by atoms with Gasteiger partial charge in [0, 0.05) is 18.0 Å². The van der Waals surface area contributed by atoms with Crippen LogP contribution in [-0.2, 0) is 12.0 Å². The second kappa shape index (κ2) is 6.06. The number of benzene rings is 1. The molecule has 0 amide bonds. The van der Waals surface area contributed by atoms with Gasteiger partial charge in [-0.2, -0.15) is 0 Å². The number of aromatic nitrogens is 1. The summed E-state index contributed by atoms with van der Waals surface area (Å²) in [5.41, 5.74) is 0.928. The zero-order valence-corrected chi connectivity index (χ0v) is 13.8. The molecule has 0 aliphatic carbocycles. The van der Waals surface area contributed by atoms with Gasteiger partial charge in [-0.05, 0) is 24.1 Å². The number of β-amino-alcohol motifs (C(OH)–C–C–N with tert-alkyl or cyclic N) is 1. The molecular weight excluding hydrogens is 295 g/mol. The van der Waals surface area contributed by atoms with E-state index in [-0.39, 0.29) is 23.4 Å². The number of aliphatic hydroxyl groups is 1. The van der Waals surface area contributed by atoms with E-state index >= 15 is 0 Å². The smallest absolute Gasteiger partial charge is 0.208 e. The lowest BCUT2D eigenvalue weighted by molar-refractivity contribution is 0.166. The molecule has 0 bridgehead atoms. The largest absolute Gasteiger partial charge is 0.444 e. The molecule has 2 atom stereocenters. The molecule has 1 aliphatic heterocycles. The molecule has 2 aromatic rings. The second-order valence-electron chi connectivity index (χ2n) is 7.25. The van der Waals surface area contributed by atoms with Crippen molar-refractivity contribution in [3.63, 3.8) is 0 Å². The highest BCUT2D eigenvalue weighted by atomic mass is 19.1. The Hall–Kier alpha value is -1.72. The van der Waals surface area contributed by atoms with Gasteiger partial charge in [0.1, 0.15) is 11.6 Å². The Balaban J connectivity index is 1.77. The molecule has 124 valence electrons. The van der Waals surface area contributed by atoms with Gasteiger partial charge in [0.15, 0.2) is 0 Å². The summed E-state index contributed by atoms with van der Waals surface area (Å²) in [6.45, 7) is 7.35. The van der Waals surface area contributed by atoms with Crippen molar-refractivity contribution in [2.75, 3.05) is 6.54 Å². The zero-order valence-electron chi connectivity index (χ0n) is 13.8. The Morgan fingerprint density at radius 2 is 2.00 bits per heavy atom. The molecule has 2 heterocycles. The van der Waals surface area contributed by atoms with Gasteiger partial charge in [-0.1, -0.05) is 32.9 Å². The van der Waals surface area contributed by atoms with E-state index in [1.165, 1.54) is 12.1 Å². The first-order valence-electron chi connectivity index (χ1n) is 7.95. The van der Waals surface area contributed by atoms with Crippen LogP contribution in [0.4, 0.5) is 4.39 Å². The number of halogens is 1. The molecule has 1 N–H and O–H groups in total. The van der Waals surface area contributed by atoms with Crippen LogP contribution >= 0.6 is 0 Å². The average molecular weight is 318 g/mol. The summed E-state index contributed by atoms with van der Waals surface area (Å²) in [4.78, 5) is 6.50. The van der Waals surface area contributed by atoms with E-state index in [2.05, 4.69) is 30.7 Å². The van der Waals surface area contributed by atoms with Crippen molar-refractivity contribution in [3.05, 3.63) is 53.5 Å². The van der Waals surface area contributed by atoms with E-state index in [9.17, 15) is 9.50 Å². The summed E-state index contributed by atoms with van der Waals surface area (Å²) in [5.74, 6) is 1.25. The minimum atomic E-state index is -0.387. The van der Waals surface area contributed by atoms with Crippen LogP contribution in [0.15, 0.2) is 34.9 Å². The molecular formula is C18H23FN2O2. The maximum Gasteiger partial charge on any atom is 0.208 e. The summed E-state index contributed by atoms with van der Waals surface area (Å²) in [5, 5.41) is 10.0. The van der Waals surface area contributed by atoms with Gasteiger partial charge >= 0.3 is 0 Å². The Labute approximate surface area is 136 Å². The predicted molar refractivity (Wildman–Crippen MR) is 85.4 cm³/mol. The summed E-state index contributed by atoms with van der Waals surface area (Å²) >= 11 is 0. The summed E-state index contributed by atoms with van der Waals surface area (Å²) in [7, 11) is 0. The fourth-order valence-electron chi connectivity index (χ4n) is 2.99. The topological polar surface area (TPSA) is 49.5 Å². The van der Waals surface area contributed by atoms with E-state index in [0.29, 0.717) is 25.4 Å². The maximum atomic E-state index is 13.1. The Bertz CT molecular complexity index is 660. The number of rotatable bonds is 3. The number of aliphatic hydroxyl groups excluding tert-OH is 1. The molecule has 1 aromatic heterocycles. The van der Waals surface area contributed by atoms with Crippen LogP contribution in [0.3, 0.4) is 0 Å². The van der Waals surface area contributed by atoms with Crippen molar-refractivity contribution in [2.24, 2.45) is 0 Å². The van der Waals surface area contributed by atoms with E-state index < -0.39 is 0 Å². The number of hydrogen-bond acceptors (Lipinski definition) is 4. The summed E-state index contributed by atoms with van der Waals surface area (Å²) in [6, 6.07) is 6.53. The fourth-order valence-corrected chi connectivity index (χ4v) is 2.99. The third-order valence-electron chi connectivity index (χ3n) is 4.27. The van der Waals surface area contributed by atoms with Crippen molar-refractivity contribution >= 4 is 0 Å². The molecule has 2 unspecified atom stereocenters. The van der Waals surface area contributed by atoms with Crippen molar-refractivity contribution in [1.82, 2.24) is 9.88 Å². The number of likely N-dealkylation sites (tertiary alicyclic amines) is 1. The lowest BCUT2D eigenvalue weighted by atomic mass is 9.94. The highest BCUT2D eigenvalue weighted by Crippen LogP contribution is 2.34. The highest BCUT2D eigenvalue weighted by Gasteiger charge is 2.33. The van der Waals surface area contributed by atoms with Crippen molar-refractivity contribution in [2.45, 2.75) is 51.3 Å². The molecule has 0 radical (unpaired) electrons. The van der Waals surface area contributed by atoms with Crippen LogP contribution in [0.2, 0.25) is 0 Å². The average Bonchev–Trinajstić information content (AvgIpc) is 3.07.